The van der Waals surface area contributed by atoms with Crippen LogP contribution in [0, 0.1) is 0 Å². The highest BCUT2D eigenvalue weighted by atomic mass is 35.5. The minimum Gasteiger partial charge on any atom is -0.423 e. The summed E-state index contributed by atoms with van der Waals surface area (Å²) in [6.07, 6.45) is 0. The zero-order valence-corrected chi connectivity index (χ0v) is 13.7. The Morgan fingerprint density at radius 3 is 2.22 bits per heavy atom. The standard InChI is InChI=1S/C16H14Cl2N2O3/c1-2-19-16(22)20-13-5-3-10(4-6-13)15(21)23-14-8-11(17)7-12(18)9-14/h3-9H,2H2,1H3,(H2,19,20,22). The van der Waals surface area contributed by atoms with Crippen LogP contribution in [0.4, 0.5) is 10.5 Å². The topological polar surface area (TPSA) is 67.4 Å². The fourth-order valence-electron chi connectivity index (χ4n) is 1.78. The normalized spacial score (nSPS) is 10.0. The average Bonchev–Trinajstić information content (AvgIpc) is 2.47. The smallest absolute Gasteiger partial charge is 0.343 e. The van der Waals surface area contributed by atoms with Gasteiger partial charge in [0.25, 0.3) is 0 Å². The molecule has 7 heteroatoms. The van der Waals surface area contributed by atoms with Crippen molar-refractivity contribution in [3.63, 3.8) is 0 Å². The molecule has 0 fully saturated rings. The van der Waals surface area contributed by atoms with E-state index in [0.717, 1.165) is 0 Å². The number of hydrogen-bond donors (Lipinski definition) is 2. The molecule has 0 saturated carbocycles. The molecule has 0 aliphatic rings. The highest BCUT2D eigenvalue weighted by Crippen LogP contribution is 2.25. The molecule has 0 aliphatic carbocycles. The Bertz CT molecular complexity index is 698. The second-order valence-electron chi connectivity index (χ2n) is 4.56. The first-order chi connectivity index (χ1) is 11.0. The van der Waals surface area contributed by atoms with Crippen LogP contribution in [0.1, 0.15) is 17.3 Å². The van der Waals surface area contributed by atoms with Crippen LogP contribution in [0.2, 0.25) is 10.0 Å². The van der Waals surface area contributed by atoms with Gasteiger partial charge in [0.2, 0.25) is 0 Å². The summed E-state index contributed by atoms with van der Waals surface area (Å²) in [5.41, 5.74) is 0.904. The lowest BCUT2D eigenvalue weighted by atomic mass is 10.2. The maximum Gasteiger partial charge on any atom is 0.343 e. The molecular weight excluding hydrogens is 339 g/mol. The predicted octanol–water partition coefficient (Wildman–Crippen LogP) is 4.35. The highest BCUT2D eigenvalue weighted by Gasteiger charge is 2.10. The molecule has 120 valence electrons. The molecule has 0 spiro atoms. The van der Waals surface area contributed by atoms with Gasteiger partial charge in [0.1, 0.15) is 5.75 Å². The number of carbonyl (C=O) groups is 2. The Morgan fingerprint density at radius 1 is 1.04 bits per heavy atom. The third kappa shape index (κ3) is 5.16. The molecular formula is C16H14Cl2N2O3. The number of benzene rings is 2. The summed E-state index contributed by atoms with van der Waals surface area (Å²) in [6, 6.07) is 10.5. The van der Waals surface area contributed by atoms with E-state index < -0.39 is 5.97 Å². The van der Waals surface area contributed by atoms with Crippen LogP contribution in [-0.4, -0.2) is 18.5 Å². The van der Waals surface area contributed by atoms with E-state index in [2.05, 4.69) is 10.6 Å². The number of ether oxygens (including phenoxy) is 1. The van der Waals surface area contributed by atoms with Crippen molar-refractivity contribution in [3.05, 3.63) is 58.1 Å². The molecule has 0 heterocycles. The monoisotopic (exact) mass is 352 g/mol. The number of halogens is 2. The van der Waals surface area contributed by atoms with Gasteiger partial charge in [0.05, 0.1) is 5.56 Å². The van der Waals surface area contributed by atoms with E-state index in [1.807, 2.05) is 6.92 Å². The summed E-state index contributed by atoms with van der Waals surface area (Å²) in [4.78, 5) is 23.5. The molecule has 2 rings (SSSR count). The second-order valence-corrected chi connectivity index (χ2v) is 5.43. The Labute approximate surface area is 143 Å². The van der Waals surface area contributed by atoms with E-state index in [-0.39, 0.29) is 11.8 Å². The predicted molar refractivity (Wildman–Crippen MR) is 90.6 cm³/mol. The Kier molecular flexibility index (Phi) is 5.84. The van der Waals surface area contributed by atoms with E-state index in [0.29, 0.717) is 27.8 Å². The van der Waals surface area contributed by atoms with Crippen molar-refractivity contribution in [2.45, 2.75) is 6.92 Å². The quantitative estimate of drug-likeness (QED) is 0.634. The molecule has 0 radical (unpaired) electrons. The third-order valence-corrected chi connectivity index (χ3v) is 3.20. The zero-order chi connectivity index (χ0) is 16.8. The van der Waals surface area contributed by atoms with Crippen LogP contribution in [0.3, 0.4) is 0 Å². The lowest BCUT2D eigenvalue weighted by Gasteiger charge is -2.08. The van der Waals surface area contributed by atoms with E-state index in [9.17, 15) is 9.59 Å². The molecule has 2 amide bonds. The van der Waals surface area contributed by atoms with Crippen LogP contribution in [0.15, 0.2) is 42.5 Å². The molecule has 2 N–H and O–H groups in total. The summed E-state index contributed by atoms with van der Waals surface area (Å²) in [6.45, 7) is 2.35. The Morgan fingerprint density at radius 2 is 1.65 bits per heavy atom. The van der Waals surface area contributed by atoms with Crippen molar-refractivity contribution in [3.8, 4) is 5.75 Å². The maximum atomic E-state index is 12.1. The first-order valence-electron chi connectivity index (χ1n) is 6.81. The van der Waals surface area contributed by atoms with Crippen LogP contribution < -0.4 is 15.4 Å². The van der Waals surface area contributed by atoms with Gasteiger partial charge in [-0.1, -0.05) is 23.2 Å². The summed E-state index contributed by atoms with van der Waals surface area (Å²) >= 11 is 11.7. The van der Waals surface area contributed by atoms with Gasteiger partial charge in [-0.15, -0.1) is 0 Å². The zero-order valence-electron chi connectivity index (χ0n) is 12.2. The van der Waals surface area contributed by atoms with Crippen LogP contribution in [0.25, 0.3) is 0 Å². The van der Waals surface area contributed by atoms with E-state index in [4.69, 9.17) is 27.9 Å². The number of urea groups is 1. The van der Waals surface area contributed by atoms with Crippen molar-refractivity contribution in [1.82, 2.24) is 5.32 Å². The number of rotatable bonds is 4. The van der Waals surface area contributed by atoms with Gasteiger partial charge in [-0.3, -0.25) is 0 Å². The fourth-order valence-corrected chi connectivity index (χ4v) is 2.28. The lowest BCUT2D eigenvalue weighted by Crippen LogP contribution is -2.28. The number of hydrogen-bond acceptors (Lipinski definition) is 3. The molecule has 0 aliphatic heterocycles. The number of nitrogens with one attached hydrogen (secondary N) is 2. The minimum absolute atomic E-state index is 0.261. The van der Waals surface area contributed by atoms with Gasteiger partial charge in [-0.2, -0.15) is 0 Å². The number of carbonyl (C=O) groups excluding carboxylic acids is 2. The van der Waals surface area contributed by atoms with Crippen molar-refractivity contribution in [2.24, 2.45) is 0 Å². The molecule has 23 heavy (non-hydrogen) atoms. The molecule has 2 aromatic rings. The van der Waals surface area contributed by atoms with E-state index >= 15 is 0 Å². The molecule has 0 unspecified atom stereocenters. The molecule has 2 aromatic carbocycles. The van der Waals surface area contributed by atoms with Crippen LogP contribution >= 0.6 is 23.2 Å². The van der Waals surface area contributed by atoms with Crippen LogP contribution in [-0.2, 0) is 0 Å². The van der Waals surface area contributed by atoms with Gasteiger partial charge in [0, 0.05) is 22.3 Å². The SMILES string of the molecule is CCNC(=O)Nc1ccc(C(=O)Oc2cc(Cl)cc(Cl)c2)cc1. The molecule has 0 atom stereocenters. The summed E-state index contributed by atoms with van der Waals surface area (Å²) in [7, 11) is 0. The summed E-state index contributed by atoms with van der Waals surface area (Å²) in [5, 5.41) is 6.00. The highest BCUT2D eigenvalue weighted by molar-refractivity contribution is 6.34. The average molecular weight is 353 g/mol. The maximum absolute atomic E-state index is 12.1. The lowest BCUT2D eigenvalue weighted by molar-refractivity contribution is 0.0735. The Balaban J connectivity index is 2.03. The number of esters is 1. The molecule has 5 nitrogen and oxygen atoms in total. The van der Waals surface area contributed by atoms with Gasteiger partial charge >= 0.3 is 12.0 Å². The van der Waals surface area contributed by atoms with Crippen molar-refractivity contribution >= 4 is 40.9 Å². The van der Waals surface area contributed by atoms with Gasteiger partial charge < -0.3 is 15.4 Å². The van der Waals surface area contributed by atoms with Gasteiger partial charge in [-0.05, 0) is 49.4 Å². The van der Waals surface area contributed by atoms with E-state index in [1.54, 1.807) is 30.3 Å². The van der Waals surface area contributed by atoms with Crippen molar-refractivity contribution < 1.29 is 14.3 Å². The Hall–Kier alpha value is -2.24. The number of amides is 2. The third-order valence-electron chi connectivity index (χ3n) is 2.76. The van der Waals surface area contributed by atoms with E-state index in [1.165, 1.54) is 12.1 Å². The minimum atomic E-state index is -0.548. The van der Waals surface area contributed by atoms with Gasteiger partial charge in [-0.25, -0.2) is 9.59 Å². The van der Waals surface area contributed by atoms with Crippen LogP contribution in [0.5, 0.6) is 5.75 Å². The summed E-state index contributed by atoms with van der Waals surface area (Å²) < 4.78 is 5.21. The fraction of sp³-hybridized carbons (Fsp3) is 0.125. The molecule has 0 bridgehead atoms. The van der Waals surface area contributed by atoms with Crippen molar-refractivity contribution in [1.29, 1.82) is 0 Å². The van der Waals surface area contributed by atoms with Gasteiger partial charge in [0.15, 0.2) is 0 Å². The van der Waals surface area contributed by atoms with Crippen molar-refractivity contribution in [2.75, 3.05) is 11.9 Å². The summed E-state index contributed by atoms with van der Waals surface area (Å²) in [5.74, 6) is -0.287. The first-order valence-corrected chi connectivity index (χ1v) is 7.56. The number of anilines is 1. The first kappa shape index (κ1) is 17.1. The molecule has 0 aromatic heterocycles. The molecule has 0 saturated heterocycles. The second kappa shape index (κ2) is 7.85. The largest absolute Gasteiger partial charge is 0.423 e.